The van der Waals surface area contributed by atoms with Crippen LogP contribution in [0.3, 0.4) is 0 Å². The van der Waals surface area contributed by atoms with Gasteiger partial charge in [-0.25, -0.2) is 18.1 Å². The van der Waals surface area contributed by atoms with Crippen molar-refractivity contribution in [3.8, 4) is 11.3 Å². The fourth-order valence-electron chi connectivity index (χ4n) is 2.97. The number of rotatable bonds is 9. The molecule has 0 amide bonds. The van der Waals surface area contributed by atoms with Crippen LogP contribution in [0.15, 0.2) is 47.8 Å². The van der Waals surface area contributed by atoms with Crippen LogP contribution in [0.2, 0.25) is 0 Å². The Kier molecular flexibility index (Phi) is 6.93. The molecule has 156 valence electrons. The number of nitrogens with one attached hydrogen (secondary N) is 2. The highest BCUT2D eigenvalue weighted by Gasteiger charge is 2.27. The van der Waals surface area contributed by atoms with Crippen LogP contribution < -0.4 is 10.0 Å². The van der Waals surface area contributed by atoms with E-state index in [-0.39, 0.29) is 0 Å². The highest BCUT2D eigenvalue weighted by Crippen LogP contribution is 2.30. The van der Waals surface area contributed by atoms with Gasteiger partial charge in [-0.1, -0.05) is 48.9 Å². The van der Waals surface area contributed by atoms with E-state index in [1.807, 2.05) is 6.07 Å². The highest BCUT2D eigenvalue weighted by molar-refractivity contribution is 7.90. The summed E-state index contributed by atoms with van der Waals surface area (Å²) in [7, 11) is -3.25. The van der Waals surface area contributed by atoms with Gasteiger partial charge in [-0.05, 0) is 44.4 Å². The van der Waals surface area contributed by atoms with Crippen LogP contribution >= 0.6 is 11.3 Å². The van der Waals surface area contributed by atoms with Crippen molar-refractivity contribution in [2.45, 2.75) is 44.8 Å². The number of nitrogens with zero attached hydrogens (tertiary/aromatic N) is 1. The minimum Gasteiger partial charge on any atom is -0.362 e. The Morgan fingerprint density at radius 1 is 0.966 bits per heavy atom. The maximum absolute atomic E-state index is 12.0. The van der Waals surface area contributed by atoms with Crippen molar-refractivity contribution in [2.75, 3.05) is 18.4 Å². The van der Waals surface area contributed by atoms with Crippen LogP contribution in [-0.4, -0.2) is 31.2 Å². The summed E-state index contributed by atoms with van der Waals surface area (Å²) < 4.78 is 25.9. The number of unbranched alkanes of at least 4 members (excludes halogenated alkanes) is 2. The normalized spacial score (nSPS) is 12.4. The molecular formula is C22H29N3O2S2. The summed E-state index contributed by atoms with van der Waals surface area (Å²) in [6.45, 7) is 6.44. The van der Waals surface area contributed by atoms with Crippen molar-refractivity contribution in [3.63, 3.8) is 0 Å². The molecular weight excluding hydrogens is 402 g/mol. The van der Waals surface area contributed by atoms with Gasteiger partial charge in [-0.15, -0.1) is 11.3 Å². The molecule has 0 saturated heterocycles. The fraction of sp³-hybridized carbons (Fsp3) is 0.409. The zero-order valence-electron chi connectivity index (χ0n) is 17.2. The van der Waals surface area contributed by atoms with Crippen LogP contribution in [0.4, 0.5) is 5.13 Å². The van der Waals surface area contributed by atoms with E-state index in [2.05, 4.69) is 51.8 Å². The first-order valence-corrected chi connectivity index (χ1v) is 12.3. The molecule has 0 saturated carbocycles. The molecule has 1 aromatic heterocycles. The van der Waals surface area contributed by atoms with Crippen LogP contribution in [0.1, 0.15) is 40.0 Å². The highest BCUT2D eigenvalue weighted by atomic mass is 32.2. The Balaban J connectivity index is 1.45. The maximum atomic E-state index is 12.0. The van der Waals surface area contributed by atoms with Gasteiger partial charge in [0.2, 0.25) is 10.0 Å². The van der Waals surface area contributed by atoms with E-state index in [0.29, 0.717) is 6.54 Å². The monoisotopic (exact) mass is 431 g/mol. The molecule has 0 radical (unpaired) electrons. The average Bonchev–Trinajstić information content (AvgIpc) is 3.14. The molecule has 0 bridgehead atoms. The third kappa shape index (κ3) is 5.56. The average molecular weight is 432 g/mol. The van der Waals surface area contributed by atoms with Crippen molar-refractivity contribution in [2.24, 2.45) is 0 Å². The standard InChI is InChI=1S/C22H29N3O2S2/c1-22(2,3)29(26,27)24-15-8-4-7-14-23-21-25-20(16-28-21)19-13-9-11-17-10-5-6-12-18(17)19/h5-6,9-13,16,24H,4,7-8,14-15H2,1-3H3,(H,23,25). The predicted molar refractivity (Wildman–Crippen MR) is 124 cm³/mol. The third-order valence-electron chi connectivity index (χ3n) is 4.80. The number of hydrogen-bond donors (Lipinski definition) is 2. The second-order valence-corrected chi connectivity index (χ2v) is 11.4. The molecule has 0 atom stereocenters. The van der Waals surface area contributed by atoms with Crippen molar-refractivity contribution < 1.29 is 8.42 Å². The molecule has 1 heterocycles. The van der Waals surface area contributed by atoms with Crippen molar-refractivity contribution in [1.29, 1.82) is 0 Å². The van der Waals surface area contributed by atoms with Gasteiger partial charge in [0.15, 0.2) is 5.13 Å². The molecule has 5 nitrogen and oxygen atoms in total. The van der Waals surface area contributed by atoms with Gasteiger partial charge < -0.3 is 5.32 Å². The van der Waals surface area contributed by atoms with E-state index >= 15 is 0 Å². The SMILES string of the molecule is CC(C)(C)S(=O)(=O)NCCCCCNc1nc(-c2cccc3ccccc23)cs1. The van der Waals surface area contributed by atoms with Crippen LogP contribution in [-0.2, 0) is 10.0 Å². The number of thiazole rings is 1. The minimum atomic E-state index is -3.25. The summed E-state index contributed by atoms with van der Waals surface area (Å²) in [6.07, 6.45) is 2.76. The zero-order valence-corrected chi connectivity index (χ0v) is 18.9. The maximum Gasteiger partial charge on any atom is 0.216 e. The van der Waals surface area contributed by atoms with Gasteiger partial charge in [-0.2, -0.15) is 0 Å². The lowest BCUT2D eigenvalue weighted by Gasteiger charge is -2.19. The smallest absolute Gasteiger partial charge is 0.216 e. The summed E-state index contributed by atoms with van der Waals surface area (Å²) in [5.74, 6) is 0. The van der Waals surface area contributed by atoms with E-state index in [9.17, 15) is 8.42 Å². The molecule has 0 spiro atoms. The first kappa shape index (κ1) is 21.7. The quantitative estimate of drug-likeness (QED) is 0.453. The molecule has 7 heteroatoms. The van der Waals surface area contributed by atoms with E-state index in [0.717, 1.165) is 42.2 Å². The lowest BCUT2D eigenvalue weighted by Crippen LogP contribution is -2.39. The van der Waals surface area contributed by atoms with Crippen LogP contribution in [0, 0.1) is 0 Å². The second-order valence-electron chi connectivity index (χ2n) is 8.06. The number of benzene rings is 2. The topological polar surface area (TPSA) is 71.1 Å². The molecule has 2 aromatic carbocycles. The zero-order chi connectivity index (χ0) is 20.9. The summed E-state index contributed by atoms with van der Waals surface area (Å²) >= 11 is 1.61. The van der Waals surface area contributed by atoms with E-state index in [4.69, 9.17) is 4.98 Å². The van der Waals surface area contributed by atoms with Gasteiger partial charge in [0.25, 0.3) is 0 Å². The van der Waals surface area contributed by atoms with Crippen molar-refractivity contribution >= 4 is 37.3 Å². The van der Waals surface area contributed by atoms with E-state index < -0.39 is 14.8 Å². The number of anilines is 1. The largest absolute Gasteiger partial charge is 0.362 e. The molecule has 0 aliphatic rings. The van der Waals surface area contributed by atoms with Crippen LogP contribution in [0.25, 0.3) is 22.0 Å². The molecule has 0 unspecified atom stereocenters. The van der Waals surface area contributed by atoms with Crippen LogP contribution in [0.5, 0.6) is 0 Å². The molecule has 3 rings (SSSR count). The molecule has 2 N–H and O–H groups in total. The predicted octanol–water partition coefficient (Wildman–Crippen LogP) is 5.26. The Bertz CT molecular complexity index is 1050. The number of hydrogen-bond acceptors (Lipinski definition) is 5. The number of fused-ring (bicyclic) bond motifs is 1. The van der Waals surface area contributed by atoms with Gasteiger partial charge in [0.05, 0.1) is 10.4 Å². The first-order chi connectivity index (χ1) is 13.8. The Morgan fingerprint density at radius 2 is 1.69 bits per heavy atom. The second kappa shape index (κ2) is 9.24. The Labute approximate surface area is 177 Å². The fourth-order valence-corrected chi connectivity index (χ4v) is 4.56. The summed E-state index contributed by atoms with van der Waals surface area (Å²) in [4.78, 5) is 4.74. The van der Waals surface area contributed by atoms with Gasteiger partial charge in [-0.3, -0.25) is 0 Å². The Hall–Kier alpha value is -1.96. The van der Waals surface area contributed by atoms with Crippen molar-refractivity contribution in [1.82, 2.24) is 9.71 Å². The van der Waals surface area contributed by atoms with E-state index in [1.54, 1.807) is 32.1 Å². The molecule has 0 aliphatic carbocycles. The number of aromatic nitrogens is 1. The number of sulfonamides is 1. The van der Waals surface area contributed by atoms with Crippen molar-refractivity contribution in [3.05, 3.63) is 47.8 Å². The molecule has 0 aliphatic heterocycles. The summed E-state index contributed by atoms with van der Waals surface area (Å²) in [5, 5.41) is 8.82. The van der Waals surface area contributed by atoms with Gasteiger partial charge >= 0.3 is 0 Å². The molecule has 29 heavy (non-hydrogen) atoms. The summed E-state index contributed by atoms with van der Waals surface area (Å²) in [5.41, 5.74) is 2.14. The minimum absolute atomic E-state index is 0.488. The summed E-state index contributed by atoms with van der Waals surface area (Å²) in [6, 6.07) is 14.6. The molecule has 3 aromatic rings. The molecule has 0 fully saturated rings. The van der Waals surface area contributed by atoms with Gasteiger partial charge in [0, 0.05) is 24.0 Å². The lowest BCUT2D eigenvalue weighted by atomic mass is 10.0. The Morgan fingerprint density at radius 3 is 2.48 bits per heavy atom. The van der Waals surface area contributed by atoms with E-state index in [1.165, 1.54) is 10.8 Å². The lowest BCUT2D eigenvalue weighted by molar-refractivity contribution is 0.540. The third-order valence-corrected chi connectivity index (χ3v) is 7.79. The van der Waals surface area contributed by atoms with Gasteiger partial charge in [0.1, 0.15) is 0 Å². The first-order valence-electron chi connectivity index (χ1n) is 9.95.